The van der Waals surface area contributed by atoms with Gasteiger partial charge in [-0.1, -0.05) is 55.1 Å². The van der Waals surface area contributed by atoms with Gasteiger partial charge in [0.1, 0.15) is 5.75 Å². The first-order valence-corrected chi connectivity index (χ1v) is 13.5. The van der Waals surface area contributed by atoms with Crippen molar-refractivity contribution in [1.29, 1.82) is 0 Å². The summed E-state index contributed by atoms with van der Waals surface area (Å²) in [5, 5.41) is 11.2. The Morgan fingerprint density at radius 3 is 2.42 bits per heavy atom. The Balaban J connectivity index is 1.87. The van der Waals surface area contributed by atoms with E-state index in [0.29, 0.717) is 5.75 Å². The Labute approximate surface area is 148 Å². The fourth-order valence-corrected chi connectivity index (χ4v) is 8.66. The van der Waals surface area contributed by atoms with Crippen molar-refractivity contribution < 1.29 is 9.22 Å². The second-order valence-corrected chi connectivity index (χ2v) is 13.3. The second kappa shape index (κ2) is 8.47. The minimum absolute atomic E-state index is 0.403. The van der Waals surface area contributed by atoms with E-state index in [1.54, 1.807) is 6.07 Å². The van der Waals surface area contributed by atoms with Crippen molar-refractivity contribution in [1.82, 2.24) is 0 Å². The number of para-hydroxylation sites is 1. The average molecular weight is 356 g/mol. The van der Waals surface area contributed by atoms with Crippen LogP contribution in [0.15, 0.2) is 55.1 Å². The van der Waals surface area contributed by atoms with Crippen molar-refractivity contribution in [2.45, 2.75) is 38.5 Å². The van der Waals surface area contributed by atoms with Crippen molar-refractivity contribution in [3.8, 4) is 5.75 Å². The third kappa shape index (κ3) is 5.47. The lowest BCUT2D eigenvalue weighted by Crippen LogP contribution is -2.42. The topological polar surface area (TPSA) is 29.5 Å². The fourth-order valence-electron chi connectivity index (χ4n) is 2.81. The normalized spacial score (nSPS) is 11.7. The van der Waals surface area contributed by atoms with Gasteiger partial charge in [-0.05, 0) is 60.9 Å². The molecular formula is C20H27O2Si2. The number of phenolic OH excluding ortho intramolecular Hbond substituents is 1. The van der Waals surface area contributed by atoms with Crippen molar-refractivity contribution in [3.05, 3.63) is 66.2 Å². The highest BCUT2D eigenvalue weighted by atomic mass is 28.4. The maximum atomic E-state index is 9.85. The van der Waals surface area contributed by atoms with Gasteiger partial charge in [0.05, 0.1) is 0 Å². The minimum atomic E-state index is -1.70. The van der Waals surface area contributed by atoms with E-state index >= 15 is 0 Å². The van der Waals surface area contributed by atoms with Crippen LogP contribution in [0.1, 0.15) is 17.5 Å². The number of aromatic hydroxyl groups is 1. The highest BCUT2D eigenvalue weighted by Crippen LogP contribution is 2.21. The summed E-state index contributed by atoms with van der Waals surface area (Å²) in [7, 11) is -2.67. The molecular weight excluding hydrogens is 328 g/mol. The Kier molecular flexibility index (Phi) is 6.60. The summed E-state index contributed by atoms with van der Waals surface area (Å²) in [4.78, 5) is 0. The van der Waals surface area contributed by atoms with E-state index in [-0.39, 0.29) is 0 Å². The number of hydrogen-bond donors (Lipinski definition) is 1. The molecule has 2 rings (SSSR count). The third-order valence-corrected chi connectivity index (χ3v) is 10.3. The molecule has 0 aliphatic rings. The molecule has 0 unspecified atom stereocenters. The smallest absolute Gasteiger partial charge is 0.231 e. The molecule has 24 heavy (non-hydrogen) atoms. The van der Waals surface area contributed by atoms with Crippen LogP contribution in [-0.4, -0.2) is 22.5 Å². The van der Waals surface area contributed by atoms with Crippen molar-refractivity contribution in [2.75, 3.05) is 0 Å². The number of phenols is 1. The molecule has 0 saturated heterocycles. The highest BCUT2D eigenvalue weighted by molar-refractivity contribution is 6.82. The largest absolute Gasteiger partial charge is 0.508 e. The van der Waals surface area contributed by atoms with Crippen LogP contribution in [0.4, 0.5) is 0 Å². The van der Waals surface area contributed by atoms with Gasteiger partial charge in [-0.2, -0.15) is 0 Å². The molecule has 0 atom stereocenters. The lowest BCUT2D eigenvalue weighted by molar-refractivity contribution is 0.467. The van der Waals surface area contributed by atoms with E-state index in [9.17, 15) is 5.11 Å². The van der Waals surface area contributed by atoms with Crippen LogP contribution in [0.5, 0.6) is 5.75 Å². The molecule has 1 N–H and O–H groups in total. The van der Waals surface area contributed by atoms with E-state index in [2.05, 4.69) is 50.5 Å². The Morgan fingerprint density at radius 2 is 1.79 bits per heavy atom. The van der Waals surface area contributed by atoms with Gasteiger partial charge in [-0.3, -0.25) is 0 Å². The van der Waals surface area contributed by atoms with Gasteiger partial charge in [0.15, 0.2) is 8.32 Å². The minimum Gasteiger partial charge on any atom is -0.508 e. The SMILES string of the molecule is C=Cc1ccc([Si](C)O[Si](C)(C)CCCc2ccccc2O)cc1. The number of aryl methyl sites for hydroxylation is 1. The van der Waals surface area contributed by atoms with Crippen LogP contribution < -0.4 is 5.19 Å². The van der Waals surface area contributed by atoms with E-state index < -0.39 is 17.4 Å². The van der Waals surface area contributed by atoms with Gasteiger partial charge in [-0.15, -0.1) is 0 Å². The molecule has 0 spiro atoms. The molecule has 0 heterocycles. The van der Waals surface area contributed by atoms with E-state index in [0.717, 1.165) is 30.0 Å². The molecule has 2 aromatic carbocycles. The maximum Gasteiger partial charge on any atom is 0.231 e. The molecule has 0 aliphatic heterocycles. The zero-order valence-corrected chi connectivity index (χ0v) is 16.9. The quantitative estimate of drug-likeness (QED) is 0.694. The van der Waals surface area contributed by atoms with Gasteiger partial charge < -0.3 is 9.22 Å². The van der Waals surface area contributed by atoms with Gasteiger partial charge >= 0.3 is 0 Å². The van der Waals surface area contributed by atoms with Crippen LogP contribution >= 0.6 is 0 Å². The molecule has 0 aromatic heterocycles. The van der Waals surface area contributed by atoms with Crippen molar-refractivity contribution >= 4 is 28.6 Å². The van der Waals surface area contributed by atoms with Crippen LogP contribution in [0.3, 0.4) is 0 Å². The molecule has 0 bridgehead atoms. The molecule has 0 amide bonds. The lowest BCUT2D eigenvalue weighted by Gasteiger charge is -2.27. The lowest BCUT2D eigenvalue weighted by atomic mass is 10.1. The predicted molar refractivity (Wildman–Crippen MR) is 108 cm³/mol. The summed E-state index contributed by atoms with van der Waals surface area (Å²) >= 11 is 0. The molecule has 1 radical (unpaired) electrons. The van der Waals surface area contributed by atoms with Gasteiger partial charge in [-0.25, -0.2) is 0 Å². The number of hydrogen-bond acceptors (Lipinski definition) is 2. The van der Waals surface area contributed by atoms with Gasteiger partial charge in [0, 0.05) is 0 Å². The number of rotatable bonds is 8. The molecule has 4 heteroatoms. The summed E-state index contributed by atoms with van der Waals surface area (Å²) < 4.78 is 6.52. The van der Waals surface area contributed by atoms with Gasteiger partial charge in [0.25, 0.3) is 0 Å². The van der Waals surface area contributed by atoms with Crippen molar-refractivity contribution in [2.24, 2.45) is 0 Å². The summed E-state index contributed by atoms with van der Waals surface area (Å²) in [5.74, 6) is 0.403. The van der Waals surface area contributed by atoms with E-state index in [4.69, 9.17) is 4.12 Å². The summed E-state index contributed by atoms with van der Waals surface area (Å²) in [6.07, 6.45) is 3.83. The molecule has 0 saturated carbocycles. The van der Waals surface area contributed by atoms with E-state index in [1.807, 2.05) is 24.3 Å². The Bertz CT molecular complexity index is 666. The summed E-state index contributed by atoms with van der Waals surface area (Å²) in [5.41, 5.74) is 2.18. The van der Waals surface area contributed by atoms with Crippen molar-refractivity contribution in [3.63, 3.8) is 0 Å². The van der Waals surface area contributed by atoms with Crippen LogP contribution in [0, 0.1) is 0 Å². The van der Waals surface area contributed by atoms with Gasteiger partial charge in [0.2, 0.25) is 9.04 Å². The summed E-state index contributed by atoms with van der Waals surface area (Å²) in [6.45, 7) is 10.6. The predicted octanol–water partition coefficient (Wildman–Crippen LogP) is 4.72. The zero-order chi connectivity index (χ0) is 17.6. The van der Waals surface area contributed by atoms with Crippen LogP contribution in [-0.2, 0) is 10.5 Å². The first-order chi connectivity index (χ1) is 11.4. The fraction of sp³-hybridized carbons (Fsp3) is 0.300. The molecule has 2 aromatic rings. The first-order valence-electron chi connectivity index (χ1n) is 8.43. The summed E-state index contributed by atoms with van der Waals surface area (Å²) in [6, 6.07) is 17.2. The Hall–Kier alpha value is -1.63. The second-order valence-electron chi connectivity index (χ2n) is 6.73. The molecule has 2 nitrogen and oxygen atoms in total. The highest BCUT2D eigenvalue weighted by Gasteiger charge is 2.26. The zero-order valence-electron chi connectivity index (χ0n) is 14.9. The number of benzene rings is 2. The van der Waals surface area contributed by atoms with Crippen LogP contribution in [0.25, 0.3) is 6.08 Å². The standard InChI is InChI=1S/C20H27O2Si2/c1-5-17-12-14-19(15-13-17)23(2)22-24(3,4)16-8-10-18-9-6-7-11-20(18)21/h5-7,9,11-15,21H,1,8,10,16H2,2-4H3. The average Bonchev–Trinajstić information content (AvgIpc) is 2.56. The molecule has 0 fully saturated rings. The van der Waals surface area contributed by atoms with E-state index in [1.165, 1.54) is 5.19 Å². The Morgan fingerprint density at radius 1 is 1.12 bits per heavy atom. The third-order valence-electron chi connectivity index (χ3n) is 4.20. The molecule has 0 aliphatic carbocycles. The van der Waals surface area contributed by atoms with Crippen LogP contribution in [0.2, 0.25) is 25.7 Å². The molecule has 127 valence electrons. The maximum absolute atomic E-state index is 9.85. The first kappa shape index (κ1) is 18.7. The monoisotopic (exact) mass is 355 g/mol.